The van der Waals surface area contributed by atoms with Crippen LogP contribution in [0.2, 0.25) is 0 Å². The number of nitrogens with zero attached hydrogens (tertiary/aromatic N) is 2. The highest BCUT2D eigenvalue weighted by molar-refractivity contribution is 7.18. The number of rotatable bonds is 5. The van der Waals surface area contributed by atoms with Crippen molar-refractivity contribution in [3.8, 4) is 0 Å². The summed E-state index contributed by atoms with van der Waals surface area (Å²) in [4.78, 5) is 16.6. The number of nitrogen functional groups attached to an aromatic ring is 1. The topological polar surface area (TPSA) is 114 Å². The molecule has 2 heterocycles. The number of benzene rings is 1. The maximum absolute atomic E-state index is 12.9. The molecule has 0 aliphatic rings. The van der Waals surface area contributed by atoms with E-state index in [-0.39, 0.29) is 34.6 Å². The van der Waals surface area contributed by atoms with Crippen LogP contribution in [0, 0.1) is 5.82 Å². The van der Waals surface area contributed by atoms with Gasteiger partial charge in [0.15, 0.2) is 5.13 Å². The smallest absolute Gasteiger partial charge is 0.244 e. The van der Waals surface area contributed by atoms with Gasteiger partial charge < -0.3 is 20.7 Å². The molecule has 0 saturated carbocycles. The predicted octanol–water partition coefficient (Wildman–Crippen LogP) is 2.32. The van der Waals surface area contributed by atoms with E-state index in [1.165, 1.54) is 18.2 Å². The second kappa shape index (κ2) is 6.15. The zero-order chi connectivity index (χ0) is 16.4. The van der Waals surface area contributed by atoms with Crippen LogP contribution in [0.15, 0.2) is 34.9 Å². The Hall–Kier alpha value is -2.78. The van der Waals surface area contributed by atoms with Gasteiger partial charge in [-0.1, -0.05) is 16.5 Å². The third kappa shape index (κ3) is 3.20. The van der Waals surface area contributed by atoms with E-state index in [9.17, 15) is 9.18 Å². The lowest BCUT2D eigenvalue weighted by molar-refractivity contribution is 0.100. The fourth-order valence-corrected chi connectivity index (χ4v) is 2.66. The van der Waals surface area contributed by atoms with Gasteiger partial charge in [-0.15, -0.1) is 0 Å². The molecule has 0 amide bonds. The Labute approximate surface area is 133 Å². The average molecular weight is 334 g/mol. The van der Waals surface area contributed by atoms with Crippen molar-refractivity contribution < 1.29 is 18.8 Å². The molecular weight excluding hydrogens is 323 g/mol. The van der Waals surface area contributed by atoms with E-state index in [2.05, 4.69) is 15.5 Å². The summed E-state index contributed by atoms with van der Waals surface area (Å²) in [5.74, 6) is -0.807. The zero-order valence-electron chi connectivity index (χ0n) is 11.6. The van der Waals surface area contributed by atoms with Gasteiger partial charge in [0, 0.05) is 11.8 Å². The van der Waals surface area contributed by atoms with Gasteiger partial charge in [0.05, 0.1) is 6.61 Å². The number of halogens is 1. The Bertz CT molecular complexity index is 844. The number of nitrogens with two attached hydrogens (primary N) is 1. The van der Waals surface area contributed by atoms with Gasteiger partial charge in [-0.25, -0.2) is 9.37 Å². The number of aliphatic hydroxyl groups excluding tert-OH is 1. The van der Waals surface area contributed by atoms with Crippen molar-refractivity contribution in [2.75, 3.05) is 11.1 Å². The molecule has 0 aliphatic heterocycles. The minimum Gasteiger partial charge on any atom is -0.390 e. The number of anilines is 3. The highest BCUT2D eigenvalue weighted by Gasteiger charge is 2.22. The third-order valence-electron chi connectivity index (χ3n) is 2.90. The SMILES string of the molecule is Nc1nc(Nc2ccc(F)cc2)sc1C(=O)c1cc(CO)no1. The summed E-state index contributed by atoms with van der Waals surface area (Å²) in [7, 11) is 0. The second-order valence-electron chi connectivity index (χ2n) is 4.54. The van der Waals surface area contributed by atoms with Crippen LogP contribution in [0.25, 0.3) is 0 Å². The second-order valence-corrected chi connectivity index (χ2v) is 5.53. The summed E-state index contributed by atoms with van der Waals surface area (Å²) in [5.41, 5.74) is 6.63. The molecule has 0 atom stereocenters. The maximum Gasteiger partial charge on any atom is 0.244 e. The summed E-state index contributed by atoms with van der Waals surface area (Å²) in [6, 6.07) is 7.03. The van der Waals surface area contributed by atoms with Crippen LogP contribution in [-0.4, -0.2) is 21.0 Å². The molecule has 3 aromatic rings. The number of aromatic nitrogens is 2. The van der Waals surface area contributed by atoms with Gasteiger partial charge in [0.1, 0.15) is 22.2 Å². The molecule has 0 spiro atoms. The Kier molecular flexibility index (Phi) is 4.04. The number of carbonyl (C=O) groups is 1. The molecule has 2 aromatic heterocycles. The Morgan fingerprint density at radius 3 is 2.78 bits per heavy atom. The van der Waals surface area contributed by atoms with Gasteiger partial charge in [-0.3, -0.25) is 4.79 Å². The van der Waals surface area contributed by atoms with E-state index < -0.39 is 5.78 Å². The summed E-state index contributed by atoms with van der Waals surface area (Å²) >= 11 is 1.04. The van der Waals surface area contributed by atoms with E-state index in [0.29, 0.717) is 10.8 Å². The molecule has 0 saturated heterocycles. The number of hydrogen-bond donors (Lipinski definition) is 3. The molecular formula is C14H11FN4O3S. The lowest BCUT2D eigenvalue weighted by atomic mass is 10.2. The van der Waals surface area contributed by atoms with Crippen molar-refractivity contribution in [1.29, 1.82) is 0 Å². The first kappa shape index (κ1) is 15.1. The van der Waals surface area contributed by atoms with Crippen LogP contribution in [0.1, 0.15) is 21.1 Å². The van der Waals surface area contributed by atoms with Crippen LogP contribution < -0.4 is 11.1 Å². The largest absolute Gasteiger partial charge is 0.390 e. The molecule has 9 heteroatoms. The minimum atomic E-state index is -0.473. The molecule has 0 aliphatic carbocycles. The average Bonchev–Trinajstić information content (AvgIpc) is 3.15. The Morgan fingerprint density at radius 1 is 1.39 bits per heavy atom. The van der Waals surface area contributed by atoms with Crippen molar-refractivity contribution in [2.45, 2.75) is 6.61 Å². The summed E-state index contributed by atoms with van der Waals surface area (Å²) < 4.78 is 17.7. The first-order chi connectivity index (χ1) is 11.1. The molecule has 1 aromatic carbocycles. The van der Waals surface area contributed by atoms with Crippen molar-refractivity contribution in [3.63, 3.8) is 0 Å². The zero-order valence-corrected chi connectivity index (χ0v) is 12.4. The van der Waals surface area contributed by atoms with Crippen LogP contribution in [-0.2, 0) is 6.61 Å². The van der Waals surface area contributed by atoms with E-state index in [0.717, 1.165) is 11.3 Å². The van der Waals surface area contributed by atoms with E-state index in [1.54, 1.807) is 12.1 Å². The number of nitrogens with one attached hydrogen (secondary N) is 1. The predicted molar refractivity (Wildman–Crippen MR) is 82.1 cm³/mol. The molecule has 118 valence electrons. The number of hydrogen-bond acceptors (Lipinski definition) is 8. The molecule has 0 unspecified atom stereocenters. The quantitative estimate of drug-likeness (QED) is 0.613. The first-order valence-corrected chi connectivity index (χ1v) is 7.28. The van der Waals surface area contributed by atoms with Gasteiger partial charge in [0.25, 0.3) is 0 Å². The van der Waals surface area contributed by atoms with Crippen molar-refractivity contribution in [2.24, 2.45) is 0 Å². The summed E-state index contributed by atoms with van der Waals surface area (Å²) in [5, 5.41) is 15.8. The Morgan fingerprint density at radius 2 is 2.13 bits per heavy atom. The fourth-order valence-electron chi connectivity index (χ4n) is 1.81. The normalized spacial score (nSPS) is 10.7. The molecule has 23 heavy (non-hydrogen) atoms. The number of thiazole rings is 1. The molecule has 0 radical (unpaired) electrons. The standard InChI is InChI=1S/C14H11FN4O3S/c15-7-1-3-8(4-2-7)17-14-18-13(16)12(23-14)11(21)10-5-9(6-20)19-22-10/h1-5,20H,6,16H2,(H,17,18). The van der Waals surface area contributed by atoms with E-state index in [1.807, 2.05) is 0 Å². The van der Waals surface area contributed by atoms with E-state index in [4.69, 9.17) is 15.4 Å². The molecule has 3 rings (SSSR count). The Balaban J connectivity index is 1.82. The minimum absolute atomic E-state index is 0.0299. The summed E-state index contributed by atoms with van der Waals surface area (Å²) in [6.45, 7) is -0.327. The number of ketones is 1. The molecule has 4 N–H and O–H groups in total. The fraction of sp³-hybridized carbons (Fsp3) is 0.0714. The first-order valence-electron chi connectivity index (χ1n) is 6.47. The van der Waals surface area contributed by atoms with Crippen LogP contribution in [0.3, 0.4) is 0 Å². The third-order valence-corrected chi connectivity index (χ3v) is 3.89. The van der Waals surface area contributed by atoms with Crippen LogP contribution in [0.4, 0.5) is 21.0 Å². The number of carbonyl (C=O) groups excluding carboxylic acids is 1. The van der Waals surface area contributed by atoms with Gasteiger partial charge in [-0.2, -0.15) is 0 Å². The molecule has 7 nitrogen and oxygen atoms in total. The molecule has 0 fully saturated rings. The lowest BCUT2D eigenvalue weighted by Crippen LogP contribution is -2.01. The molecule has 0 bridgehead atoms. The van der Waals surface area contributed by atoms with Gasteiger partial charge in [0.2, 0.25) is 11.5 Å². The summed E-state index contributed by atoms with van der Waals surface area (Å²) in [6.07, 6.45) is 0. The van der Waals surface area contributed by atoms with Gasteiger partial charge in [-0.05, 0) is 24.3 Å². The van der Waals surface area contributed by atoms with Crippen molar-refractivity contribution in [1.82, 2.24) is 10.1 Å². The highest BCUT2D eigenvalue weighted by Crippen LogP contribution is 2.29. The van der Waals surface area contributed by atoms with Crippen LogP contribution >= 0.6 is 11.3 Å². The lowest BCUT2D eigenvalue weighted by Gasteiger charge is -2.00. The monoisotopic (exact) mass is 334 g/mol. The van der Waals surface area contributed by atoms with Gasteiger partial charge >= 0.3 is 0 Å². The number of aliphatic hydroxyl groups is 1. The van der Waals surface area contributed by atoms with Crippen molar-refractivity contribution in [3.05, 3.63) is 52.5 Å². The van der Waals surface area contributed by atoms with Crippen molar-refractivity contribution >= 4 is 33.8 Å². The highest BCUT2D eigenvalue weighted by atomic mass is 32.1. The van der Waals surface area contributed by atoms with E-state index >= 15 is 0 Å². The maximum atomic E-state index is 12.9. The van der Waals surface area contributed by atoms with Crippen LogP contribution in [0.5, 0.6) is 0 Å².